The molecular formula is C21H22N4O2S. The van der Waals surface area contributed by atoms with Crippen LogP contribution < -0.4 is 10.1 Å². The van der Waals surface area contributed by atoms with Gasteiger partial charge in [0.1, 0.15) is 17.3 Å². The van der Waals surface area contributed by atoms with Crippen LogP contribution in [0.4, 0.5) is 5.69 Å². The predicted molar refractivity (Wildman–Crippen MR) is 110 cm³/mol. The first-order valence-corrected chi connectivity index (χ1v) is 10.4. The highest BCUT2D eigenvalue weighted by atomic mass is 32.2. The lowest BCUT2D eigenvalue weighted by Crippen LogP contribution is -2.14. The molecule has 7 heteroatoms. The summed E-state index contributed by atoms with van der Waals surface area (Å²) in [7, 11) is 0. The molecule has 0 saturated carbocycles. The molecule has 4 rings (SSSR count). The topological polar surface area (TPSA) is 69.0 Å². The zero-order chi connectivity index (χ0) is 19.2. The molecule has 0 aliphatic carbocycles. The van der Waals surface area contributed by atoms with E-state index in [9.17, 15) is 4.79 Å². The van der Waals surface area contributed by atoms with Crippen LogP contribution in [0.15, 0.2) is 59.8 Å². The van der Waals surface area contributed by atoms with E-state index in [1.807, 2.05) is 54.6 Å². The molecule has 144 valence electrons. The van der Waals surface area contributed by atoms with E-state index in [-0.39, 0.29) is 5.91 Å². The van der Waals surface area contributed by atoms with Gasteiger partial charge >= 0.3 is 0 Å². The molecule has 6 nitrogen and oxygen atoms in total. The number of nitrogens with zero attached hydrogens (tertiary/aromatic N) is 3. The summed E-state index contributed by atoms with van der Waals surface area (Å²) in [5.41, 5.74) is 0.742. The fraction of sp³-hybridized carbons (Fsp3) is 0.286. The second-order valence-corrected chi connectivity index (χ2v) is 7.58. The highest BCUT2D eigenvalue weighted by Crippen LogP contribution is 2.24. The van der Waals surface area contributed by atoms with Gasteiger partial charge < -0.3 is 14.6 Å². The van der Waals surface area contributed by atoms with Gasteiger partial charge in [0, 0.05) is 18.7 Å². The van der Waals surface area contributed by atoms with E-state index in [0.29, 0.717) is 5.75 Å². The fourth-order valence-electron chi connectivity index (χ4n) is 3.12. The summed E-state index contributed by atoms with van der Waals surface area (Å²) in [4.78, 5) is 12.3. The molecule has 2 aromatic carbocycles. The molecule has 28 heavy (non-hydrogen) atoms. The van der Waals surface area contributed by atoms with Crippen molar-refractivity contribution in [3.63, 3.8) is 0 Å². The van der Waals surface area contributed by atoms with Gasteiger partial charge in [-0.25, -0.2) is 0 Å². The third-order valence-electron chi connectivity index (χ3n) is 4.52. The lowest BCUT2D eigenvalue weighted by molar-refractivity contribution is -0.113. The number of thioether (sulfide) groups is 1. The van der Waals surface area contributed by atoms with Gasteiger partial charge in [-0.2, -0.15) is 0 Å². The van der Waals surface area contributed by atoms with Crippen molar-refractivity contribution < 1.29 is 9.53 Å². The maximum Gasteiger partial charge on any atom is 0.234 e. The van der Waals surface area contributed by atoms with Crippen LogP contribution in [0.25, 0.3) is 0 Å². The highest BCUT2D eigenvalue weighted by molar-refractivity contribution is 7.99. The molecule has 0 bridgehead atoms. The number of benzene rings is 2. The molecule has 1 aliphatic rings. The number of amides is 1. The molecule has 1 aromatic heterocycles. The Hall–Kier alpha value is -2.80. The van der Waals surface area contributed by atoms with E-state index < -0.39 is 0 Å². The number of aryl methyl sites for hydroxylation is 1. The Balaban J connectivity index is 1.30. The second-order valence-electron chi connectivity index (χ2n) is 6.64. The van der Waals surface area contributed by atoms with Crippen molar-refractivity contribution >= 4 is 23.4 Å². The Kier molecular flexibility index (Phi) is 5.92. The largest absolute Gasteiger partial charge is 0.457 e. The Morgan fingerprint density at radius 2 is 1.79 bits per heavy atom. The summed E-state index contributed by atoms with van der Waals surface area (Å²) in [6.07, 6.45) is 4.49. The Bertz CT molecular complexity index is 925. The van der Waals surface area contributed by atoms with Crippen LogP contribution in [0.1, 0.15) is 25.1 Å². The fourth-order valence-corrected chi connectivity index (χ4v) is 3.91. The molecule has 0 radical (unpaired) electrons. The summed E-state index contributed by atoms with van der Waals surface area (Å²) >= 11 is 1.44. The first kappa shape index (κ1) is 18.6. The molecule has 3 aromatic rings. The molecule has 0 atom stereocenters. The lowest BCUT2D eigenvalue weighted by atomic mass is 10.2. The number of carbonyl (C=O) groups excluding carboxylic acids is 1. The van der Waals surface area contributed by atoms with Gasteiger partial charge in [-0.3, -0.25) is 4.79 Å². The van der Waals surface area contributed by atoms with Crippen LogP contribution in [-0.4, -0.2) is 26.4 Å². The summed E-state index contributed by atoms with van der Waals surface area (Å²) in [6.45, 7) is 0.940. The number of carbonyl (C=O) groups is 1. The molecule has 0 spiro atoms. The minimum absolute atomic E-state index is 0.0623. The number of fused-ring (bicyclic) bond motifs is 1. The number of para-hydroxylation sites is 1. The van der Waals surface area contributed by atoms with E-state index in [1.165, 1.54) is 18.2 Å². The molecule has 1 aliphatic heterocycles. The van der Waals surface area contributed by atoms with Crippen molar-refractivity contribution in [1.82, 2.24) is 14.8 Å². The predicted octanol–water partition coefficient (Wildman–Crippen LogP) is 4.53. The van der Waals surface area contributed by atoms with Crippen molar-refractivity contribution in [3.05, 3.63) is 60.4 Å². The number of ether oxygens (including phenoxy) is 1. The molecule has 0 saturated heterocycles. The van der Waals surface area contributed by atoms with Crippen molar-refractivity contribution in [3.8, 4) is 11.5 Å². The smallest absolute Gasteiger partial charge is 0.234 e. The number of anilines is 1. The van der Waals surface area contributed by atoms with Crippen LogP contribution in [0.2, 0.25) is 0 Å². The summed E-state index contributed by atoms with van der Waals surface area (Å²) in [5.74, 6) is 2.79. The average molecular weight is 395 g/mol. The van der Waals surface area contributed by atoms with Crippen molar-refractivity contribution in [2.45, 2.75) is 37.4 Å². The van der Waals surface area contributed by atoms with Gasteiger partial charge in [0.15, 0.2) is 5.16 Å². The van der Waals surface area contributed by atoms with Gasteiger partial charge in [-0.05, 0) is 49.2 Å². The van der Waals surface area contributed by atoms with Gasteiger partial charge in [0.2, 0.25) is 5.91 Å². The number of rotatable bonds is 6. The van der Waals surface area contributed by atoms with E-state index in [2.05, 4.69) is 20.1 Å². The van der Waals surface area contributed by atoms with E-state index >= 15 is 0 Å². The Labute approximate surface area is 168 Å². The minimum atomic E-state index is -0.0623. The minimum Gasteiger partial charge on any atom is -0.457 e. The van der Waals surface area contributed by atoms with Crippen LogP contribution in [0.3, 0.4) is 0 Å². The van der Waals surface area contributed by atoms with Crippen molar-refractivity contribution in [1.29, 1.82) is 0 Å². The highest BCUT2D eigenvalue weighted by Gasteiger charge is 2.16. The van der Waals surface area contributed by atoms with Crippen molar-refractivity contribution in [2.24, 2.45) is 0 Å². The van der Waals surface area contributed by atoms with Crippen LogP contribution in [-0.2, 0) is 17.8 Å². The van der Waals surface area contributed by atoms with Gasteiger partial charge in [0.05, 0.1) is 5.75 Å². The zero-order valence-corrected chi connectivity index (χ0v) is 16.3. The Morgan fingerprint density at radius 1 is 1.00 bits per heavy atom. The van der Waals surface area contributed by atoms with Crippen LogP contribution in [0.5, 0.6) is 11.5 Å². The molecule has 1 amide bonds. The van der Waals surface area contributed by atoms with E-state index in [0.717, 1.165) is 54.0 Å². The zero-order valence-electron chi connectivity index (χ0n) is 15.5. The molecule has 0 fully saturated rings. The van der Waals surface area contributed by atoms with E-state index in [4.69, 9.17) is 4.74 Å². The first-order chi connectivity index (χ1) is 13.8. The normalized spacial score (nSPS) is 13.4. The Morgan fingerprint density at radius 3 is 2.61 bits per heavy atom. The van der Waals surface area contributed by atoms with E-state index in [1.54, 1.807) is 0 Å². The van der Waals surface area contributed by atoms with Gasteiger partial charge in [0.25, 0.3) is 0 Å². The van der Waals surface area contributed by atoms with Crippen LogP contribution >= 0.6 is 11.8 Å². The van der Waals surface area contributed by atoms with Gasteiger partial charge in [-0.1, -0.05) is 36.4 Å². The molecule has 1 N–H and O–H groups in total. The standard InChI is InChI=1S/C21H22N4O2S/c26-20(15-28-21-24-23-19-9-5-2-6-14-25(19)21)22-16-10-12-18(13-11-16)27-17-7-3-1-4-8-17/h1,3-4,7-8,10-13H,2,5-6,9,14-15H2,(H,22,26). The first-order valence-electron chi connectivity index (χ1n) is 9.45. The molecular weight excluding hydrogens is 372 g/mol. The maximum atomic E-state index is 12.3. The van der Waals surface area contributed by atoms with Gasteiger partial charge in [-0.15, -0.1) is 10.2 Å². The quantitative estimate of drug-likeness (QED) is 0.622. The molecule has 0 unspecified atom stereocenters. The third kappa shape index (κ3) is 4.72. The lowest BCUT2D eigenvalue weighted by Gasteiger charge is -2.09. The van der Waals surface area contributed by atoms with Crippen molar-refractivity contribution in [2.75, 3.05) is 11.1 Å². The monoisotopic (exact) mass is 394 g/mol. The summed E-state index contributed by atoms with van der Waals surface area (Å²) < 4.78 is 7.92. The third-order valence-corrected chi connectivity index (χ3v) is 5.49. The second kappa shape index (κ2) is 8.93. The number of hydrogen-bond acceptors (Lipinski definition) is 5. The number of aromatic nitrogens is 3. The average Bonchev–Trinajstić information content (AvgIpc) is 2.95. The summed E-state index contributed by atoms with van der Waals surface area (Å²) in [6, 6.07) is 17.0. The SMILES string of the molecule is O=C(CSc1nnc2n1CCCCC2)Nc1ccc(Oc2ccccc2)cc1. The van der Waals surface area contributed by atoms with Crippen LogP contribution in [0, 0.1) is 0 Å². The number of nitrogens with one attached hydrogen (secondary N) is 1. The number of hydrogen-bond donors (Lipinski definition) is 1. The molecule has 2 heterocycles. The summed E-state index contributed by atoms with van der Waals surface area (Å²) in [5, 5.41) is 12.3. The maximum absolute atomic E-state index is 12.3.